The molecule has 0 aliphatic rings. The average molecular weight is 403 g/mol. The second-order valence-corrected chi connectivity index (χ2v) is 6.14. The summed E-state index contributed by atoms with van der Waals surface area (Å²) in [6.07, 6.45) is 0. The number of rotatable bonds is 2. The van der Waals surface area contributed by atoms with Gasteiger partial charge in [0.1, 0.15) is 0 Å². The van der Waals surface area contributed by atoms with Crippen molar-refractivity contribution >= 4 is 50.7 Å². The summed E-state index contributed by atoms with van der Waals surface area (Å²) in [7, 11) is 0. The first-order valence-electron chi connectivity index (χ1n) is 5.90. The Kier molecular flexibility index (Phi) is 4.22. The Bertz CT molecular complexity index is 803. The highest BCUT2D eigenvalue weighted by Crippen LogP contribution is 2.37. The van der Waals surface area contributed by atoms with Crippen LogP contribution in [0.2, 0.25) is 15.3 Å². The Morgan fingerprint density at radius 3 is 2.29 bits per heavy atom. The smallest absolute Gasteiger partial charge is 0.229 e. The van der Waals surface area contributed by atoms with E-state index in [-0.39, 0.29) is 5.28 Å². The molecule has 3 rings (SSSR count). The van der Waals surface area contributed by atoms with Crippen molar-refractivity contribution in [3.05, 3.63) is 62.3 Å². The van der Waals surface area contributed by atoms with Crippen molar-refractivity contribution in [2.75, 3.05) is 0 Å². The summed E-state index contributed by atoms with van der Waals surface area (Å²) in [6.45, 7) is 0. The van der Waals surface area contributed by atoms with E-state index in [0.29, 0.717) is 26.0 Å². The van der Waals surface area contributed by atoms with E-state index in [1.807, 2.05) is 30.3 Å². The molecule has 0 saturated heterocycles. The Morgan fingerprint density at radius 1 is 0.857 bits per heavy atom. The van der Waals surface area contributed by atoms with Crippen molar-refractivity contribution in [2.45, 2.75) is 0 Å². The van der Waals surface area contributed by atoms with Crippen molar-refractivity contribution in [1.29, 1.82) is 0 Å². The second-order valence-electron chi connectivity index (χ2n) is 4.19. The van der Waals surface area contributed by atoms with Crippen LogP contribution >= 0.6 is 50.7 Å². The summed E-state index contributed by atoms with van der Waals surface area (Å²) in [4.78, 5) is 0. The number of hydrogen-bond acceptors (Lipinski definition) is 2. The van der Waals surface area contributed by atoms with Crippen molar-refractivity contribution in [3.8, 4) is 17.1 Å². The molecular formula is C14H7BrCl3N3. The van der Waals surface area contributed by atoms with Crippen LogP contribution in [0.15, 0.2) is 46.9 Å². The number of hydrogen-bond donors (Lipinski definition) is 0. The van der Waals surface area contributed by atoms with E-state index in [1.165, 1.54) is 0 Å². The van der Waals surface area contributed by atoms with Gasteiger partial charge in [0.05, 0.1) is 15.7 Å². The van der Waals surface area contributed by atoms with Crippen LogP contribution in [0.1, 0.15) is 0 Å². The van der Waals surface area contributed by atoms with Gasteiger partial charge in [-0.2, -0.15) is 0 Å². The predicted octanol–water partition coefficient (Wildman–Crippen LogP) is 5.66. The average Bonchev–Trinajstić information content (AvgIpc) is 2.88. The largest absolute Gasteiger partial charge is 0.264 e. The highest BCUT2D eigenvalue weighted by atomic mass is 79.9. The lowest BCUT2D eigenvalue weighted by Crippen LogP contribution is -1.99. The summed E-state index contributed by atoms with van der Waals surface area (Å²) in [5, 5.41) is 9.06. The fraction of sp³-hybridized carbons (Fsp3) is 0. The zero-order chi connectivity index (χ0) is 15.0. The summed E-state index contributed by atoms with van der Waals surface area (Å²) in [5.74, 6) is 0.598. The third-order valence-corrected chi connectivity index (χ3v) is 4.92. The van der Waals surface area contributed by atoms with Gasteiger partial charge in [-0.25, -0.2) is 0 Å². The van der Waals surface area contributed by atoms with Crippen molar-refractivity contribution in [1.82, 2.24) is 14.8 Å². The van der Waals surface area contributed by atoms with Gasteiger partial charge in [0.25, 0.3) is 0 Å². The van der Waals surface area contributed by atoms with Gasteiger partial charge in [-0.1, -0.05) is 53.5 Å². The molecule has 106 valence electrons. The predicted molar refractivity (Wildman–Crippen MR) is 89.5 cm³/mol. The van der Waals surface area contributed by atoms with Crippen LogP contribution in [0.5, 0.6) is 0 Å². The van der Waals surface area contributed by atoms with E-state index in [0.717, 1.165) is 5.56 Å². The van der Waals surface area contributed by atoms with Gasteiger partial charge < -0.3 is 0 Å². The Hall–Kier alpha value is -1.07. The topological polar surface area (TPSA) is 30.7 Å². The van der Waals surface area contributed by atoms with Crippen LogP contribution < -0.4 is 0 Å². The van der Waals surface area contributed by atoms with Crippen molar-refractivity contribution < 1.29 is 0 Å². The first-order chi connectivity index (χ1) is 10.1. The zero-order valence-electron chi connectivity index (χ0n) is 10.4. The molecule has 1 heterocycles. The summed E-state index contributed by atoms with van der Waals surface area (Å²) < 4.78 is 2.38. The number of nitrogens with zero attached hydrogens (tertiary/aromatic N) is 3. The van der Waals surface area contributed by atoms with Gasteiger partial charge in [-0.15, -0.1) is 10.2 Å². The monoisotopic (exact) mass is 401 g/mol. The minimum absolute atomic E-state index is 0.217. The summed E-state index contributed by atoms with van der Waals surface area (Å²) >= 11 is 22.0. The van der Waals surface area contributed by atoms with Gasteiger partial charge in [0, 0.05) is 10.0 Å². The van der Waals surface area contributed by atoms with E-state index in [2.05, 4.69) is 26.1 Å². The molecule has 0 N–H and O–H groups in total. The summed E-state index contributed by atoms with van der Waals surface area (Å²) in [5.41, 5.74) is 1.51. The number of aromatic nitrogens is 3. The van der Waals surface area contributed by atoms with Gasteiger partial charge in [-0.05, 0) is 39.7 Å². The lowest BCUT2D eigenvalue weighted by Gasteiger charge is -2.11. The molecule has 1 aromatic heterocycles. The maximum atomic E-state index is 6.32. The van der Waals surface area contributed by atoms with Gasteiger partial charge >= 0.3 is 0 Å². The van der Waals surface area contributed by atoms with Crippen LogP contribution in [0.25, 0.3) is 17.1 Å². The van der Waals surface area contributed by atoms with E-state index < -0.39 is 0 Å². The zero-order valence-corrected chi connectivity index (χ0v) is 14.2. The van der Waals surface area contributed by atoms with Crippen LogP contribution in [-0.4, -0.2) is 14.8 Å². The van der Waals surface area contributed by atoms with Crippen LogP contribution in [0.4, 0.5) is 0 Å². The molecule has 0 bridgehead atoms. The molecule has 21 heavy (non-hydrogen) atoms. The van der Waals surface area contributed by atoms with Gasteiger partial charge in [0.2, 0.25) is 5.28 Å². The van der Waals surface area contributed by atoms with Crippen LogP contribution in [0, 0.1) is 0 Å². The van der Waals surface area contributed by atoms with Crippen molar-refractivity contribution in [2.24, 2.45) is 0 Å². The quantitative estimate of drug-likeness (QED) is 0.517. The van der Waals surface area contributed by atoms with Crippen molar-refractivity contribution in [3.63, 3.8) is 0 Å². The summed E-state index contributed by atoms with van der Waals surface area (Å²) in [6, 6.07) is 13.2. The molecule has 0 spiro atoms. The minimum atomic E-state index is 0.217. The van der Waals surface area contributed by atoms with Gasteiger partial charge in [-0.3, -0.25) is 4.57 Å². The van der Waals surface area contributed by atoms with Gasteiger partial charge in [0.15, 0.2) is 5.82 Å². The molecule has 0 amide bonds. The lowest BCUT2D eigenvalue weighted by atomic mass is 10.2. The maximum Gasteiger partial charge on any atom is 0.229 e. The minimum Gasteiger partial charge on any atom is -0.264 e. The second kappa shape index (κ2) is 5.97. The first-order valence-corrected chi connectivity index (χ1v) is 7.82. The SMILES string of the molecule is Clc1c(Br)ccc(-n2c(Cl)nnc2-c2ccccc2)c1Cl. The van der Waals surface area contributed by atoms with Crippen LogP contribution in [-0.2, 0) is 0 Å². The highest BCUT2D eigenvalue weighted by molar-refractivity contribution is 9.10. The fourth-order valence-electron chi connectivity index (χ4n) is 1.94. The molecule has 0 unspecified atom stereocenters. The van der Waals surface area contributed by atoms with E-state index >= 15 is 0 Å². The van der Waals surface area contributed by atoms with E-state index in [9.17, 15) is 0 Å². The van der Waals surface area contributed by atoms with E-state index in [4.69, 9.17) is 34.8 Å². The standard InChI is InChI=1S/C14H7BrCl3N3/c15-9-6-7-10(12(17)11(9)16)21-13(19-20-14(21)18)8-4-2-1-3-5-8/h1-7H. The Labute approximate surface area is 144 Å². The number of halogens is 4. The molecule has 3 aromatic rings. The molecular weight excluding hydrogens is 396 g/mol. The third-order valence-electron chi connectivity index (χ3n) is 2.91. The molecule has 2 aromatic carbocycles. The Morgan fingerprint density at radius 2 is 1.57 bits per heavy atom. The Balaban J connectivity index is 2.25. The van der Waals surface area contributed by atoms with Crippen LogP contribution in [0.3, 0.4) is 0 Å². The third kappa shape index (κ3) is 2.69. The molecule has 0 fully saturated rings. The molecule has 7 heteroatoms. The molecule has 0 saturated carbocycles. The molecule has 0 atom stereocenters. The first kappa shape index (κ1) is 14.9. The number of benzene rings is 2. The van der Waals surface area contributed by atoms with E-state index in [1.54, 1.807) is 16.7 Å². The molecule has 0 aliphatic carbocycles. The normalized spacial score (nSPS) is 10.9. The molecule has 3 nitrogen and oxygen atoms in total. The maximum absolute atomic E-state index is 6.32. The fourth-order valence-corrected chi connectivity index (χ4v) is 3.00. The molecule has 0 aliphatic heterocycles. The lowest BCUT2D eigenvalue weighted by molar-refractivity contribution is 1.06. The molecule has 0 radical (unpaired) electrons. The highest BCUT2D eigenvalue weighted by Gasteiger charge is 2.18.